The van der Waals surface area contributed by atoms with Crippen molar-refractivity contribution >= 4 is 0 Å². The molecule has 1 rings (SSSR count). The van der Waals surface area contributed by atoms with Crippen molar-refractivity contribution in [3.05, 3.63) is 0 Å². The molecule has 0 aromatic carbocycles. The van der Waals surface area contributed by atoms with Gasteiger partial charge in [0.25, 0.3) is 0 Å². The van der Waals surface area contributed by atoms with Gasteiger partial charge < -0.3 is 0 Å². The maximum atomic E-state index is 5.25. The predicted octanol–water partition coefficient (Wildman–Crippen LogP) is 2.83. The van der Waals surface area contributed by atoms with Gasteiger partial charge in [-0.15, -0.1) is 0 Å². The van der Waals surface area contributed by atoms with Crippen molar-refractivity contribution in [2.24, 2.45) is 5.84 Å². The molecule has 0 radical (unpaired) electrons. The third-order valence-electron chi connectivity index (χ3n) is 1.84. The minimum Gasteiger partial charge on any atom is -0.271 e. The molecule has 0 aliphatic heterocycles. The Balaban J connectivity index is 0. The smallest absolute Gasteiger partial charge is 0.0210 e. The lowest BCUT2D eigenvalue weighted by molar-refractivity contribution is 0.379. The highest BCUT2D eigenvalue weighted by Gasteiger charge is 2.09. The van der Waals surface area contributed by atoms with Gasteiger partial charge in [0.1, 0.15) is 0 Å². The first-order valence-corrected chi connectivity index (χ1v) is 5.39. The minimum atomic E-state index is 0.615. The van der Waals surface area contributed by atoms with Gasteiger partial charge in [0, 0.05) is 6.04 Å². The summed E-state index contributed by atoms with van der Waals surface area (Å²) in [6, 6.07) is 0.615. The fraction of sp³-hybridized carbons (Fsp3) is 1.00. The number of hydrogen-bond acceptors (Lipinski definition) is 2. The number of hydrazine groups is 1. The average Bonchev–Trinajstić information content (AvgIpc) is 2.25. The molecule has 1 aliphatic carbocycles. The first kappa shape index (κ1) is 14.4. The Morgan fingerprint density at radius 1 is 0.917 bits per heavy atom. The highest BCUT2D eigenvalue weighted by molar-refractivity contribution is 4.68. The van der Waals surface area contributed by atoms with Crippen LogP contribution < -0.4 is 11.3 Å². The second-order valence-corrected chi connectivity index (χ2v) is 2.50. The molecule has 2 nitrogen and oxygen atoms in total. The highest BCUT2D eigenvalue weighted by atomic mass is 15.2. The van der Waals surface area contributed by atoms with E-state index in [9.17, 15) is 0 Å². The topological polar surface area (TPSA) is 38.0 Å². The van der Waals surface area contributed by atoms with Crippen molar-refractivity contribution in [1.29, 1.82) is 0 Å². The summed E-state index contributed by atoms with van der Waals surface area (Å²) in [6.45, 7) is 8.00. The molecular weight excluding hydrogens is 148 g/mol. The van der Waals surface area contributed by atoms with E-state index < -0.39 is 0 Å². The van der Waals surface area contributed by atoms with E-state index in [1.807, 2.05) is 27.7 Å². The molecule has 0 aromatic heterocycles. The Morgan fingerprint density at radius 2 is 1.33 bits per heavy atom. The van der Waals surface area contributed by atoms with Crippen molar-refractivity contribution in [3.63, 3.8) is 0 Å². The normalized spacial score (nSPS) is 16.8. The molecule has 0 spiro atoms. The summed E-state index contributed by atoms with van der Waals surface area (Å²) in [4.78, 5) is 0. The van der Waals surface area contributed by atoms with E-state index in [0.717, 1.165) is 0 Å². The van der Waals surface area contributed by atoms with Crippen LogP contribution in [0, 0.1) is 0 Å². The van der Waals surface area contributed by atoms with Gasteiger partial charge >= 0.3 is 0 Å². The van der Waals surface area contributed by atoms with Crippen LogP contribution in [0.5, 0.6) is 0 Å². The van der Waals surface area contributed by atoms with E-state index in [1.54, 1.807) is 0 Å². The molecule has 2 heteroatoms. The van der Waals surface area contributed by atoms with E-state index >= 15 is 0 Å². The zero-order valence-electron chi connectivity index (χ0n) is 9.19. The Hall–Kier alpha value is -0.0800. The lowest BCUT2D eigenvalue weighted by Crippen LogP contribution is -2.36. The molecule has 0 bridgehead atoms. The third kappa shape index (κ3) is 8.02. The third-order valence-corrected chi connectivity index (χ3v) is 1.84. The molecule has 12 heavy (non-hydrogen) atoms. The lowest BCUT2D eigenvalue weighted by atomic mass is 9.96. The molecule has 0 heterocycles. The number of rotatable bonds is 1. The van der Waals surface area contributed by atoms with Crippen LogP contribution in [0.15, 0.2) is 0 Å². The van der Waals surface area contributed by atoms with Crippen LogP contribution in [0.1, 0.15) is 59.8 Å². The molecule has 1 saturated carbocycles. The molecule has 0 atom stereocenters. The first-order valence-electron chi connectivity index (χ1n) is 5.39. The van der Waals surface area contributed by atoms with Crippen molar-refractivity contribution in [2.75, 3.05) is 0 Å². The molecule has 0 amide bonds. The average molecular weight is 174 g/mol. The number of hydrogen-bond donors (Lipinski definition) is 2. The summed E-state index contributed by atoms with van der Waals surface area (Å²) in [5, 5.41) is 0. The van der Waals surface area contributed by atoms with Crippen LogP contribution in [0.2, 0.25) is 0 Å². The standard InChI is InChI=1S/C6H14N2.2C2H6/c7-8-6-4-2-1-3-5-6;2*1-2/h6,8H,1-5,7H2;2*1-2H3. The fourth-order valence-electron chi connectivity index (χ4n) is 1.27. The van der Waals surface area contributed by atoms with Crippen molar-refractivity contribution in [3.8, 4) is 0 Å². The predicted molar refractivity (Wildman–Crippen MR) is 56.9 cm³/mol. The van der Waals surface area contributed by atoms with Crippen molar-refractivity contribution in [2.45, 2.75) is 65.8 Å². The van der Waals surface area contributed by atoms with Gasteiger partial charge in [-0.1, -0.05) is 47.0 Å². The Bertz CT molecular complexity index is 58.9. The Kier molecular flexibility index (Phi) is 16.3. The molecule has 3 N–H and O–H groups in total. The molecule has 0 aromatic rings. The highest BCUT2D eigenvalue weighted by Crippen LogP contribution is 2.16. The molecule has 76 valence electrons. The molecular formula is C10H26N2. The van der Waals surface area contributed by atoms with Gasteiger partial charge in [0.2, 0.25) is 0 Å². The largest absolute Gasteiger partial charge is 0.271 e. The molecule has 1 fully saturated rings. The van der Waals surface area contributed by atoms with Gasteiger partial charge in [-0.3, -0.25) is 11.3 Å². The number of nitrogens with two attached hydrogens (primary N) is 1. The van der Waals surface area contributed by atoms with Gasteiger partial charge in [-0.05, 0) is 12.8 Å². The second kappa shape index (κ2) is 13.5. The Morgan fingerprint density at radius 3 is 1.58 bits per heavy atom. The summed E-state index contributed by atoms with van der Waals surface area (Å²) >= 11 is 0. The minimum absolute atomic E-state index is 0.615. The summed E-state index contributed by atoms with van der Waals surface area (Å²) in [5.41, 5.74) is 2.80. The SMILES string of the molecule is CC.CC.NNC1CCCCC1. The quantitative estimate of drug-likeness (QED) is 0.474. The maximum absolute atomic E-state index is 5.25. The van der Waals surface area contributed by atoms with E-state index in [-0.39, 0.29) is 0 Å². The zero-order valence-corrected chi connectivity index (χ0v) is 9.19. The summed E-state index contributed by atoms with van der Waals surface area (Å²) < 4.78 is 0. The first-order chi connectivity index (χ1) is 5.93. The van der Waals surface area contributed by atoms with E-state index in [0.29, 0.717) is 6.04 Å². The van der Waals surface area contributed by atoms with Gasteiger partial charge in [-0.25, -0.2) is 0 Å². The van der Waals surface area contributed by atoms with Crippen LogP contribution in [0.25, 0.3) is 0 Å². The van der Waals surface area contributed by atoms with Crippen LogP contribution in [0.4, 0.5) is 0 Å². The molecule has 0 saturated heterocycles. The monoisotopic (exact) mass is 174 g/mol. The van der Waals surface area contributed by atoms with Crippen LogP contribution in [-0.4, -0.2) is 6.04 Å². The number of nitrogens with one attached hydrogen (secondary N) is 1. The Labute approximate surface area is 77.9 Å². The van der Waals surface area contributed by atoms with Crippen LogP contribution >= 0.6 is 0 Å². The summed E-state index contributed by atoms with van der Waals surface area (Å²) in [7, 11) is 0. The van der Waals surface area contributed by atoms with Gasteiger partial charge in [-0.2, -0.15) is 0 Å². The molecule has 0 unspecified atom stereocenters. The lowest BCUT2D eigenvalue weighted by Gasteiger charge is -2.19. The van der Waals surface area contributed by atoms with E-state index in [2.05, 4.69) is 5.43 Å². The molecule has 1 aliphatic rings. The summed E-state index contributed by atoms with van der Waals surface area (Å²) in [6.07, 6.45) is 6.66. The van der Waals surface area contributed by atoms with Gasteiger partial charge in [0.05, 0.1) is 0 Å². The maximum Gasteiger partial charge on any atom is 0.0210 e. The van der Waals surface area contributed by atoms with Gasteiger partial charge in [0.15, 0.2) is 0 Å². The van der Waals surface area contributed by atoms with E-state index in [4.69, 9.17) is 5.84 Å². The second-order valence-electron chi connectivity index (χ2n) is 2.50. The summed E-state index contributed by atoms with van der Waals surface area (Å²) in [5.74, 6) is 5.25. The zero-order chi connectivity index (χ0) is 9.82. The fourth-order valence-corrected chi connectivity index (χ4v) is 1.27. The van der Waals surface area contributed by atoms with Crippen LogP contribution in [0.3, 0.4) is 0 Å². The van der Waals surface area contributed by atoms with E-state index in [1.165, 1.54) is 32.1 Å². The van der Waals surface area contributed by atoms with Crippen molar-refractivity contribution < 1.29 is 0 Å². The van der Waals surface area contributed by atoms with Crippen LogP contribution in [-0.2, 0) is 0 Å². The van der Waals surface area contributed by atoms with Crippen molar-refractivity contribution in [1.82, 2.24) is 5.43 Å².